The lowest BCUT2D eigenvalue weighted by atomic mass is 9.59. The van der Waals surface area contributed by atoms with E-state index in [1.165, 1.54) is 0 Å². The van der Waals surface area contributed by atoms with Crippen molar-refractivity contribution in [3.8, 4) is 0 Å². The first kappa shape index (κ1) is 20.4. The predicted octanol–water partition coefficient (Wildman–Crippen LogP) is 3.42. The van der Waals surface area contributed by atoms with Gasteiger partial charge in [-0.2, -0.15) is 0 Å². The van der Waals surface area contributed by atoms with Gasteiger partial charge in [-0.15, -0.1) is 0 Å². The van der Waals surface area contributed by atoms with E-state index in [-0.39, 0.29) is 34.4 Å². The molecule has 2 bridgehead atoms. The number of amides is 1. The van der Waals surface area contributed by atoms with Crippen molar-refractivity contribution in [2.45, 2.75) is 51.7 Å². The van der Waals surface area contributed by atoms with Gasteiger partial charge in [0.15, 0.2) is 0 Å². The topological polar surface area (TPSA) is 84.9 Å². The monoisotopic (exact) mass is 401 g/mol. The summed E-state index contributed by atoms with van der Waals surface area (Å²) in [5.74, 6) is 0.0120. The Morgan fingerprint density at radius 1 is 1.28 bits per heavy atom. The number of carbonyl (C=O) groups excluding carboxylic acids is 1. The molecule has 1 unspecified atom stereocenters. The molecule has 1 heterocycles. The highest BCUT2D eigenvalue weighted by molar-refractivity contribution is 5.87. The molecule has 4 rings (SSSR count). The lowest BCUT2D eigenvalue weighted by molar-refractivity contribution is -0.137. The lowest BCUT2D eigenvalue weighted by Gasteiger charge is -2.53. The fourth-order valence-corrected chi connectivity index (χ4v) is 6.36. The molecule has 2 aliphatic carbocycles. The molecule has 1 aromatic carbocycles. The van der Waals surface area contributed by atoms with Gasteiger partial charge >= 0.3 is 5.97 Å². The molecule has 1 spiro atoms. The third kappa shape index (κ3) is 3.26. The molecule has 3 fully saturated rings. The van der Waals surface area contributed by atoms with Gasteiger partial charge in [0.2, 0.25) is 5.91 Å². The van der Waals surface area contributed by atoms with E-state index in [9.17, 15) is 14.7 Å². The number of ether oxygens (including phenoxy) is 2. The highest BCUT2D eigenvalue weighted by atomic mass is 16.5. The number of benzene rings is 1. The van der Waals surface area contributed by atoms with Gasteiger partial charge in [0, 0.05) is 26.2 Å². The van der Waals surface area contributed by atoms with Gasteiger partial charge in [-0.05, 0) is 59.6 Å². The lowest BCUT2D eigenvalue weighted by Crippen LogP contribution is -2.59. The summed E-state index contributed by atoms with van der Waals surface area (Å²) in [7, 11) is 1.61. The van der Waals surface area contributed by atoms with Gasteiger partial charge in [-0.25, -0.2) is 4.79 Å². The molecule has 6 heteroatoms. The van der Waals surface area contributed by atoms with E-state index < -0.39 is 5.97 Å². The molecular formula is C23H31NO5. The number of nitrogens with one attached hydrogen (secondary N) is 1. The Kier molecular flexibility index (Phi) is 5.20. The molecule has 1 saturated heterocycles. The smallest absolute Gasteiger partial charge is 0.335 e. The van der Waals surface area contributed by atoms with Crippen LogP contribution in [0.1, 0.15) is 61.6 Å². The molecule has 1 aromatic rings. The number of hydrogen-bond acceptors (Lipinski definition) is 4. The summed E-state index contributed by atoms with van der Waals surface area (Å²) in [6.45, 7) is 5.67. The molecule has 0 radical (unpaired) electrons. The quantitative estimate of drug-likeness (QED) is 0.763. The zero-order valence-corrected chi connectivity index (χ0v) is 17.4. The van der Waals surface area contributed by atoms with Crippen molar-refractivity contribution in [1.29, 1.82) is 0 Å². The predicted molar refractivity (Wildman–Crippen MR) is 108 cm³/mol. The molecule has 6 nitrogen and oxygen atoms in total. The van der Waals surface area contributed by atoms with Crippen LogP contribution in [-0.4, -0.2) is 43.3 Å². The molecule has 2 saturated carbocycles. The average molecular weight is 402 g/mol. The first-order chi connectivity index (χ1) is 13.8. The van der Waals surface area contributed by atoms with Gasteiger partial charge in [0.25, 0.3) is 0 Å². The number of carboxylic acid groups (broad SMARTS) is 1. The van der Waals surface area contributed by atoms with Crippen LogP contribution < -0.4 is 5.32 Å². The minimum atomic E-state index is -0.918. The highest BCUT2D eigenvalue weighted by Gasteiger charge is 2.68. The summed E-state index contributed by atoms with van der Waals surface area (Å²) >= 11 is 0. The number of hydrogen-bond donors (Lipinski definition) is 2. The first-order valence-corrected chi connectivity index (χ1v) is 10.5. The fourth-order valence-electron chi connectivity index (χ4n) is 6.36. The Labute approximate surface area is 172 Å². The zero-order chi connectivity index (χ0) is 20.8. The zero-order valence-electron chi connectivity index (χ0n) is 17.4. The van der Waals surface area contributed by atoms with E-state index in [2.05, 4.69) is 19.2 Å². The molecule has 3 aliphatic rings. The van der Waals surface area contributed by atoms with Crippen LogP contribution in [0.3, 0.4) is 0 Å². The Morgan fingerprint density at radius 2 is 2.00 bits per heavy atom. The summed E-state index contributed by atoms with van der Waals surface area (Å²) < 4.78 is 11.3. The van der Waals surface area contributed by atoms with E-state index in [1.54, 1.807) is 19.2 Å². The Bertz CT molecular complexity index is 789. The maximum atomic E-state index is 12.6. The normalized spacial score (nSPS) is 34.6. The maximum absolute atomic E-state index is 12.6. The summed E-state index contributed by atoms with van der Waals surface area (Å²) in [6.07, 6.45) is 3.49. The highest BCUT2D eigenvalue weighted by Crippen LogP contribution is 2.70. The van der Waals surface area contributed by atoms with E-state index >= 15 is 0 Å². The van der Waals surface area contributed by atoms with Crippen molar-refractivity contribution in [1.82, 2.24) is 5.32 Å². The van der Waals surface area contributed by atoms with Crippen LogP contribution in [0, 0.1) is 22.7 Å². The summed E-state index contributed by atoms with van der Waals surface area (Å²) in [6, 6.07) is 7.20. The second-order valence-electron chi connectivity index (χ2n) is 9.51. The molecule has 5 atom stereocenters. The molecule has 1 amide bonds. The SMILES string of the molecule is COCCC(=O)N[C@H]1C(C)(C)[C@@H]2C[C@@H]3[C@@H](c4ccc(C(=O)O)cc4)OCCC31C2. The van der Waals surface area contributed by atoms with Crippen molar-refractivity contribution in [2.75, 3.05) is 20.3 Å². The Morgan fingerprint density at radius 3 is 2.66 bits per heavy atom. The maximum Gasteiger partial charge on any atom is 0.335 e. The number of methoxy groups -OCH3 is 1. The average Bonchev–Trinajstić information content (AvgIpc) is 3.19. The van der Waals surface area contributed by atoms with Gasteiger partial charge in [0.1, 0.15) is 0 Å². The van der Waals surface area contributed by atoms with E-state index in [0.717, 1.165) is 24.8 Å². The third-order valence-electron chi connectivity index (χ3n) is 7.83. The second-order valence-corrected chi connectivity index (χ2v) is 9.51. The van der Waals surface area contributed by atoms with Crippen molar-refractivity contribution >= 4 is 11.9 Å². The largest absolute Gasteiger partial charge is 0.478 e. The van der Waals surface area contributed by atoms with Crippen molar-refractivity contribution in [3.05, 3.63) is 35.4 Å². The van der Waals surface area contributed by atoms with Crippen LogP contribution in [0.15, 0.2) is 24.3 Å². The van der Waals surface area contributed by atoms with E-state index in [4.69, 9.17) is 9.47 Å². The molecule has 29 heavy (non-hydrogen) atoms. The van der Waals surface area contributed by atoms with E-state index in [1.807, 2.05) is 12.1 Å². The Hall–Kier alpha value is -1.92. The number of carbonyl (C=O) groups is 2. The Balaban J connectivity index is 1.61. The minimum absolute atomic E-state index is 0.0330. The van der Waals surface area contributed by atoms with Crippen LogP contribution in [0.4, 0.5) is 0 Å². The number of aromatic carboxylic acids is 1. The summed E-state index contributed by atoms with van der Waals surface area (Å²) in [5.41, 5.74) is 1.41. The van der Waals surface area contributed by atoms with Gasteiger partial charge in [-0.3, -0.25) is 4.79 Å². The van der Waals surface area contributed by atoms with Crippen LogP contribution in [0.5, 0.6) is 0 Å². The fraction of sp³-hybridized carbons (Fsp3) is 0.652. The summed E-state index contributed by atoms with van der Waals surface area (Å²) in [4.78, 5) is 23.8. The molecule has 2 N–H and O–H groups in total. The first-order valence-electron chi connectivity index (χ1n) is 10.5. The third-order valence-corrected chi connectivity index (χ3v) is 7.83. The van der Waals surface area contributed by atoms with Crippen LogP contribution in [-0.2, 0) is 14.3 Å². The van der Waals surface area contributed by atoms with Crippen LogP contribution >= 0.6 is 0 Å². The van der Waals surface area contributed by atoms with Crippen molar-refractivity contribution < 1.29 is 24.2 Å². The standard InChI is InChI=1S/C23H31NO5/c1-22(2)16-12-17-19(14-4-6-15(7-5-14)20(26)27)29-11-9-23(17,13-16)21(22)24-18(25)8-10-28-3/h4-7,16-17,19,21H,8-13H2,1-3H3,(H,24,25)(H,26,27)/t16-,17-,19-,21+,23?/m1/s1. The summed E-state index contributed by atoms with van der Waals surface area (Å²) in [5, 5.41) is 12.5. The van der Waals surface area contributed by atoms with Gasteiger partial charge < -0.3 is 19.9 Å². The minimum Gasteiger partial charge on any atom is -0.478 e. The van der Waals surface area contributed by atoms with Crippen LogP contribution in [0.2, 0.25) is 0 Å². The number of fused-ring (bicyclic) bond motifs is 1. The number of carboxylic acids is 1. The number of rotatable bonds is 6. The van der Waals surface area contributed by atoms with Gasteiger partial charge in [0.05, 0.1) is 18.3 Å². The molecule has 1 aliphatic heterocycles. The van der Waals surface area contributed by atoms with Crippen LogP contribution in [0.25, 0.3) is 0 Å². The van der Waals surface area contributed by atoms with Crippen molar-refractivity contribution in [3.63, 3.8) is 0 Å². The second kappa shape index (κ2) is 7.40. The van der Waals surface area contributed by atoms with E-state index in [0.29, 0.717) is 31.5 Å². The molecule has 0 aromatic heterocycles. The molecular weight excluding hydrogens is 370 g/mol. The van der Waals surface area contributed by atoms with Crippen molar-refractivity contribution in [2.24, 2.45) is 22.7 Å². The molecule has 158 valence electrons. The van der Waals surface area contributed by atoms with Gasteiger partial charge in [-0.1, -0.05) is 26.0 Å².